The van der Waals surface area contributed by atoms with E-state index in [2.05, 4.69) is 45.4 Å². The first-order chi connectivity index (χ1) is 10.2. The van der Waals surface area contributed by atoms with Gasteiger partial charge < -0.3 is 4.90 Å². The smallest absolute Gasteiger partial charge is 0.169 e. The number of nitriles is 1. The van der Waals surface area contributed by atoms with E-state index in [-0.39, 0.29) is 0 Å². The van der Waals surface area contributed by atoms with Gasteiger partial charge in [0, 0.05) is 13.1 Å². The Morgan fingerprint density at radius 1 is 1.05 bits per heavy atom. The second-order valence-corrected chi connectivity index (χ2v) is 5.48. The maximum atomic E-state index is 9.45. The summed E-state index contributed by atoms with van der Waals surface area (Å²) in [7, 11) is 0. The summed E-state index contributed by atoms with van der Waals surface area (Å²) >= 11 is 0. The van der Waals surface area contributed by atoms with Crippen LogP contribution in [0.25, 0.3) is 0 Å². The third-order valence-electron chi connectivity index (χ3n) is 4.27. The van der Waals surface area contributed by atoms with Crippen molar-refractivity contribution in [3.05, 3.63) is 52.2 Å². The molecule has 2 aromatic rings. The lowest BCUT2D eigenvalue weighted by Gasteiger charge is -2.22. The molecule has 0 saturated carbocycles. The minimum Gasteiger partial charge on any atom is -0.353 e. The number of benzene rings is 1. The second-order valence-electron chi connectivity index (χ2n) is 5.48. The van der Waals surface area contributed by atoms with E-state index in [4.69, 9.17) is 0 Å². The Balaban J connectivity index is 1.94. The predicted molar refractivity (Wildman–Crippen MR) is 82.3 cm³/mol. The van der Waals surface area contributed by atoms with Gasteiger partial charge in [0.1, 0.15) is 11.6 Å². The number of hydrogen-bond donors (Lipinski definition) is 0. The molecule has 0 fully saturated rings. The van der Waals surface area contributed by atoms with E-state index in [0.29, 0.717) is 5.56 Å². The first kappa shape index (κ1) is 13.6. The van der Waals surface area contributed by atoms with Crippen LogP contribution in [0.1, 0.15) is 27.9 Å². The van der Waals surface area contributed by atoms with Crippen LogP contribution in [0.4, 0.5) is 5.82 Å². The summed E-state index contributed by atoms with van der Waals surface area (Å²) in [5.74, 6) is 0.730. The van der Waals surface area contributed by atoms with Gasteiger partial charge in [-0.1, -0.05) is 24.3 Å². The van der Waals surface area contributed by atoms with Gasteiger partial charge in [0.05, 0.1) is 5.69 Å². The van der Waals surface area contributed by atoms with Crippen molar-refractivity contribution in [1.29, 1.82) is 5.26 Å². The molecule has 0 N–H and O–H groups in total. The standard InChI is InChI=1S/C17H18N4/c1-12-13(2)19-20-17(16(12)11-18)21-9-7-14-5-3-4-6-15(14)8-10-21/h3-6H,7-10H2,1-2H3. The first-order valence-electron chi connectivity index (χ1n) is 7.26. The van der Waals surface area contributed by atoms with Crippen LogP contribution < -0.4 is 4.90 Å². The quantitative estimate of drug-likeness (QED) is 0.804. The van der Waals surface area contributed by atoms with E-state index in [9.17, 15) is 5.26 Å². The molecule has 0 spiro atoms. The molecule has 2 heterocycles. The maximum absolute atomic E-state index is 9.45. The van der Waals surface area contributed by atoms with Crippen molar-refractivity contribution in [2.45, 2.75) is 26.7 Å². The van der Waals surface area contributed by atoms with Crippen LogP contribution in [0.15, 0.2) is 24.3 Å². The van der Waals surface area contributed by atoms with Gasteiger partial charge in [0.15, 0.2) is 5.82 Å². The van der Waals surface area contributed by atoms with Crippen molar-refractivity contribution in [2.75, 3.05) is 18.0 Å². The molecule has 0 unspecified atom stereocenters. The van der Waals surface area contributed by atoms with Gasteiger partial charge in [-0.2, -0.15) is 10.4 Å². The molecule has 0 amide bonds. The fraction of sp³-hybridized carbons (Fsp3) is 0.353. The number of rotatable bonds is 1. The molecule has 1 aliphatic heterocycles. The Hall–Kier alpha value is -2.41. The second kappa shape index (κ2) is 5.53. The average Bonchev–Trinajstić information content (AvgIpc) is 2.72. The van der Waals surface area contributed by atoms with Gasteiger partial charge in [-0.05, 0) is 43.4 Å². The van der Waals surface area contributed by atoms with Gasteiger partial charge in [-0.15, -0.1) is 5.10 Å². The van der Waals surface area contributed by atoms with E-state index < -0.39 is 0 Å². The Labute approximate surface area is 125 Å². The highest BCUT2D eigenvalue weighted by atomic mass is 15.3. The van der Waals surface area contributed by atoms with Crippen molar-refractivity contribution >= 4 is 5.82 Å². The summed E-state index contributed by atoms with van der Waals surface area (Å²) < 4.78 is 0. The zero-order valence-electron chi connectivity index (χ0n) is 12.4. The molecule has 21 heavy (non-hydrogen) atoms. The molecule has 0 aliphatic carbocycles. The lowest BCUT2D eigenvalue weighted by Crippen LogP contribution is -2.28. The molecule has 3 rings (SSSR count). The van der Waals surface area contributed by atoms with E-state index >= 15 is 0 Å². The van der Waals surface area contributed by atoms with Crippen LogP contribution in [-0.2, 0) is 12.8 Å². The van der Waals surface area contributed by atoms with Gasteiger partial charge in [-0.3, -0.25) is 0 Å². The fourth-order valence-corrected chi connectivity index (χ4v) is 2.83. The highest BCUT2D eigenvalue weighted by Crippen LogP contribution is 2.24. The molecule has 0 bridgehead atoms. The molecule has 4 heteroatoms. The average molecular weight is 278 g/mol. The number of fused-ring (bicyclic) bond motifs is 1. The molecule has 4 nitrogen and oxygen atoms in total. The van der Waals surface area contributed by atoms with Crippen molar-refractivity contribution in [3.8, 4) is 6.07 Å². The third kappa shape index (κ3) is 2.47. The third-order valence-corrected chi connectivity index (χ3v) is 4.27. The molecule has 1 aromatic carbocycles. The molecular formula is C17H18N4. The maximum Gasteiger partial charge on any atom is 0.169 e. The summed E-state index contributed by atoms with van der Waals surface area (Å²) in [6.45, 7) is 5.59. The molecule has 1 aromatic heterocycles. The minimum atomic E-state index is 0.661. The van der Waals surface area contributed by atoms with E-state index in [1.807, 2.05) is 13.8 Å². The molecule has 0 radical (unpaired) electrons. The highest BCUT2D eigenvalue weighted by Gasteiger charge is 2.20. The normalized spacial score (nSPS) is 14.2. The molecule has 0 saturated heterocycles. The molecule has 1 aliphatic rings. The molecule has 0 atom stereocenters. The summed E-state index contributed by atoms with van der Waals surface area (Å²) in [6, 6.07) is 10.9. The lowest BCUT2D eigenvalue weighted by molar-refractivity contribution is 0.769. The number of hydrogen-bond acceptors (Lipinski definition) is 4. The monoisotopic (exact) mass is 278 g/mol. The fourth-order valence-electron chi connectivity index (χ4n) is 2.83. The number of aryl methyl sites for hydroxylation is 1. The van der Waals surface area contributed by atoms with E-state index in [1.165, 1.54) is 11.1 Å². The van der Waals surface area contributed by atoms with Crippen LogP contribution in [0.5, 0.6) is 0 Å². The summed E-state index contributed by atoms with van der Waals surface area (Å²) in [5, 5.41) is 17.9. The summed E-state index contributed by atoms with van der Waals surface area (Å²) in [6.07, 6.45) is 1.96. The van der Waals surface area contributed by atoms with Crippen molar-refractivity contribution in [3.63, 3.8) is 0 Å². The number of aromatic nitrogens is 2. The van der Waals surface area contributed by atoms with Crippen LogP contribution >= 0.6 is 0 Å². The number of nitrogens with zero attached hydrogens (tertiary/aromatic N) is 4. The molecular weight excluding hydrogens is 260 g/mol. The largest absolute Gasteiger partial charge is 0.353 e. The lowest BCUT2D eigenvalue weighted by atomic mass is 10.0. The SMILES string of the molecule is Cc1nnc(N2CCc3ccccc3CC2)c(C#N)c1C. The Morgan fingerprint density at radius 2 is 1.67 bits per heavy atom. The van der Waals surface area contributed by atoms with Crippen LogP contribution in [0.3, 0.4) is 0 Å². The van der Waals surface area contributed by atoms with Crippen LogP contribution in [0, 0.1) is 25.2 Å². The van der Waals surface area contributed by atoms with Crippen LogP contribution in [-0.4, -0.2) is 23.3 Å². The van der Waals surface area contributed by atoms with Crippen LogP contribution in [0.2, 0.25) is 0 Å². The van der Waals surface area contributed by atoms with Crippen molar-refractivity contribution in [1.82, 2.24) is 10.2 Å². The first-order valence-corrected chi connectivity index (χ1v) is 7.26. The Morgan fingerprint density at radius 3 is 2.24 bits per heavy atom. The summed E-state index contributed by atoms with van der Waals surface area (Å²) in [4.78, 5) is 2.19. The van der Waals surface area contributed by atoms with Crippen molar-refractivity contribution in [2.24, 2.45) is 0 Å². The Bertz CT molecular complexity index is 688. The Kier molecular flexibility index (Phi) is 3.57. The number of anilines is 1. The van der Waals surface area contributed by atoms with Gasteiger partial charge in [0.2, 0.25) is 0 Å². The molecule has 106 valence electrons. The predicted octanol–water partition coefficient (Wildman–Crippen LogP) is 2.57. The minimum absolute atomic E-state index is 0.661. The highest BCUT2D eigenvalue weighted by molar-refractivity contribution is 5.58. The zero-order chi connectivity index (χ0) is 14.8. The van der Waals surface area contributed by atoms with Gasteiger partial charge in [-0.25, -0.2) is 0 Å². The topological polar surface area (TPSA) is 52.8 Å². The zero-order valence-corrected chi connectivity index (χ0v) is 12.4. The van der Waals surface area contributed by atoms with Gasteiger partial charge in [0.25, 0.3) is 0 Å². The van der Waals surface area contributed by atoms with E-state index in [0.717, 1.165) is 43.0 Å². The summed E-state index contributed by atoms with van der Waals surface area (Å²) in [5.41, 5.74) is 5.22. The van der Waals surface area contributed by atoms with Crippen molar-refractivity contribution < 1.29 is 0 Å². The van der Waals surface area contributed by atoms with E-state index in [1.54, 1.807) is 0 Å². The van der Waals surface area contributed by atoms with Gasteiger partial charge >= 0.3 is 0 Å².